The van der Waals surface area contributed by atoms with Crippen molar-refractivity contribution in [1.29, 1.82) is 0 Å². The molecule has 0 unspecified atom stereocenters. The van der Waals surface area contributed by atoms with E-state index in [0.29, 0.717) is 0 Å². The lowest BCUT2D eigenvalue weighted by atomic mass is 10.3. The standard InChI is InChI=1S/C11H10ClIN2S/c1-7-11(16-6-15-7)5-14-10-3-2-8(12)4-9(10)13/h2-4,6,14H,5H2,1H3. The zero-order chi connectivity index (χ0) is 11.5. The molecule has 0 radical (unpaired) electrons. The van der Waals surface area contributed by atoms with E-state index in [0.717, 1.165) is 26.5 Å². The van der Waals surface area contributed by atoms with E-state index in [1.165, 1.54) is 4.88 Å². The topological polar surface area (TPSA) is 24.9 Å². The number of nitrogens with zero attached hydrogens (tertiary/aromatic N) is 1. The summed E-state index contributed by atoms with van der Waals surface area (Å²) in [6.07, 6.45) is 0. The highest BCUT2D eigenvalue weighted by atomic mass is 127. The number of hydrogen-bond acceptors (Lipinski definition) is 3. The first-order valence-corrected chi connectivity index (χ1v) is 7.08. The van der Waals surface area contributed by atoms with Crippen LogP contribution in [0.3, 0.4) is 0 Å². The highest BCUT2D eigenvalue weighted by Crippen LogP contribution is 2.23. The van der Waals surface area contributed by atoms with E-state index in [1.54, 1.807) is 11.3 Å². The van der Waals surface area contributed by atoms with Gasteiger partial charge in [-0.15, -0.1) is 11.3 Å². The summed E-state index contributed by atoms with van der Waals surface area (Å²) < 4.78 is 1.13. The number of benzene rings is 1. The summed E-state index contributed by atoms with van der Waals surface area (Å²) in [6, 6.07) is 5.84. The molecule has 2 nitrogen and oxygen atoms in total. The number of aromatic nitrogens is 1. The van der Waals surface area contributed by atoms with Gasteiger partial charge < -0.3 is 5.32 Å². The number of nitrogens with one attached hydrogen (secondary N) is 1. The fourth-order valence-electron chi connectivity index (χ4n) is 1.30. The van der Waals surface area contributed by atoms with Gasteiger partial charge >= 0.3 is 0 Å². The first-order valence-electron chi connectivity index (χ1n) is 4.74. The molecule has 0 aliphatic carbocycles. The predicted molar refractivity (Wildman–Crippen MR) is 78.3 cm³/mol. The molecule has 16 heavy (non-hydrogen) atoms. The van der Waals surface area contributed by atoms with Gasteiger partial charge in [0.1, 0.15) is 0 Å². The maximum Gasteiger partial charge on any atom is 0.0798 e. The lowest BCUT2D eigenvalue weighted by Gasteiger charge is -2.07. The second-order valence-electron chi connectivity index (χ2n) is 3.34. The van der Waals surface area contributed by atoms with E-state index >= 15 is 0 Å². The van der Waals surface area contributed by atoms with Crippen molar-refractivity contribution in [2.75, 3.05) is 5.32 Å². The van der Waals surface area contributed by atoms with Crippen LogP contribution in [0.2, 0.25) is 5.02 Å². The smallest absolute Gasteiger partial charge is 0.0798 e. The van der Waals surface area contributed by atoms with Crippen molar-refractivity contribution in [3.8, 4) is 0 Å². The van der Waals surface area contributed by atoms with Gasteiger partial charge in [-0.3, -0.25) is 0 Å². The molecule has 0 aliphatic heterocycles. The average molecular weight is 365 g/mol. The van der Waals surface area contributed by atoms with E-state index in [4.69, 9.17) is 11.6 Å². The Hall–Kier alpha value is -0.330. The molecule has 0 atom stereocenters. The molecule has 84 valence electrons. The molecule has 0 amide bonds. The van der Waals surface area contributed by atoms with E-state index in [-0.39, 0.29) is 0 Å². The molecule has 0 spiro atoms. The van der Waals surface area contributed by atoms with Crippen molar-refractivity contribution in [1.82, 2.24) is 4.98 Å². The lowest BCUT2D eigenvalue weighted by molar-refractivity contribution is 1.12. The summed E-state index contributed by atoms with van der Waals surface area (Å²) >= 11 is 9.85. The monoisotopic (exact) mass is 364 g/mol. The van der Waals surface area contributed by atoms with Gasteiger partial charge in [0.05, 0.1) is 17.7 Å². The van der Waals surface area contributed by atoms with Crippen molar-refractivity contribution >= 4 is 51.2 Å². The first kappa shape index (κ1) is 12.1. The van der Waals surface area contributed by atoms with Gasteiger partial charge in [-0.1, -0.05) is 11.6 Å². The Morgan fingerprint density at radius 3 is 2.94 bits per heavy atom. The molecule has 1 heterocycles. The number of thiazole rings is 1. The van der Waals surface area contributed by atoms with Gasteiger partial charge in [0, 0.05) is 19.2 Å². The van der Waals surface area contributed by atoms with Crippen LogP contribution in [0.5, 0.6) is 0 Å². The Kier molecular flexibility index (Phi) is 4.05. The third kappa shape index (κ3) is 2.87. The third-order valence-corrected chi connectivity index (χ3v) is 4.28. The highest BCUT2D eigenvalue weighted by Gasteiger charge is 2.03. The van der Waals surface area contributed by atoms with Crippen LogP contribution in [0.4, 0.5) is 5.69 Å². The quantitative estimate of drug-likeness (QED) is 0.820. The van der Waals surface area contributed by atoms with Crippen LogP contribution < -0.4 is 5.32 Å². The molecule has 2 aromatic rings. The van der Waals surface area contributed by atoms with Gasteiger partial charge in [-0.05, 0) is 47.7 Å². The summed E-state index contributed by atoms with van der Waals surface area (Å²) in [5.74, 6) is 0. The maximum atomic E-state index is 5.90. The summed E-state index contributed by atoms with van der Waals surface area (Å²) in [5, 5.41) is 4.16. The summed E-state index contributed by atoms with van der Waals surface area (Å²) in [7, 11) is 0. The lowest BCUT2D eigenvalue weighted by Crippen LogP contribution is -2.00. The Bertz CT molecular complexity index is 498. The molecule has 5 heteroatoms. The zero-order valence-electron chi connectivity index (χ0n) is 8.63. The number of rotatable bonds is 3. The molecular formula is C11H10ClIN2S. The van der Waals surface area contributed by atoms with Crippen molar-refractivity contribution in [3.05, 3.63) is 42.9 Å². The minimum Gasteiger partial charge on any atom is -0.379 e. The van der Waals surface area contributed by atoms with Crippen LogP contribution in [0.25, 0.3) is 0 Å². The minimum absolute atomic E-state index is 0.768. The molecule has 0 saturated carbocycles. The van der Waals surface area contributed by atoms with Gasteiger partial charge in [0.25, 0.3) is 0 Å². The molecule has 1 aromatic carbocycles. The summed E-state index contributed by atoms with van der Waals surface area (Å²) in [5.41, 5.74) is 4.08. The second-order valence-corrected chi connectivity index (χ2v) is 5.88. The molecule has 0 bridgehead atoms. The first-order chi connectivity index (χ1) is 7.66. The van der Waals surface area contributed by atoms with Gasteiger partial charge in [-0.2, -0.15) is 0 Å². The van der Waals surface area contributed by atoms with E-state index < -0.39 is 0 Å². The van der Waals surface area contributed by atoms with Crippen LogP contribution in [0.15, 0.2) is 23.7 Å². The van der Waals surface area contributed by atoms with Crippen molar-refractivity contribution in [2.45, 2.75) is 13.5 Å². The minimum atomic E-state index is 0.768. The maximum absolute atomic E-state index is 5.90. The number of halogens is 2. The Morgan fingerprint density at radius 1 is 1.50 bits per heavy atom. The van der Waals surface area contributed by atoms with Crippen LogP contribution in [0, 0.1) is 10.5 Å². The molecule has 0 aliphatic rings. The average Bonchev–Trinajstić information content (AvgIpc) is 2.63. The van der Waals surface area contributed by atoms with Crippen molar-refractivity contribution < 1.29 is 0 Å². The molecule has 0 fully saturated rings. The van der Waals surface area contributed by atoms with Gasteiger partial charge in [-0.25, -0.2) is 4.98 Å². The Balaban J connectivity index is 2.08. The van der Waals surface area contributed by atoms with Crippen molar-refractivity contribution in [3.63, 3.8) is 0 Å². The largest absolute Gasteiger partial charge is 0.379 e. The van der Waals surface area contributed by atoms with Gasteiger partial charge in [0.2, 0.25) is 0 Å². The molecular weight excluding hydrogens is 355 g/mol. The van der Waals surface area contributed by atoms with Crippen LogP contribution in [-0.4, -0.2) is 4.98 Å². The van der Waals surface area contributed by atoms with Crippen LogP contribution in [0.1, 0.15) is 10.6 Å². The molecule has 1 aromatic heterocycles. The Morgan fingerprint density at radius 2 is 2.31 bits per heavy atom. The number of aryl methyl sites for hydroxylation is 1. The Labute approximate surface area is 117 Å². The van der Waals surface area contributed by atoms with Gasteiger partial charge in [0.15, 0.2) is 0 Å². The fourth-order valence-corrected chi connectivity index (χ4v) is 3.08. The highest BCUT2D eigenvalue weighted by molar-refractivity contribution is 14.1. The van der Waals surface area contributed by atoms with Crippen molar-refractivity contribution in [2.24, 2.45) is 0 Å². The summed E-state index contributed by atoms with van der Waals surface area (Å²) in [4.78, 5) is 5.49. The molecule has 2 rings (SSSR count). The number of anilines is 1. The van der Waals surface area contributed by atoms with Crippen LogP contribution >= 0.6 is 45.5 Å². The zero-order valence-corrected chi connectivity index (χ0v) is 12.4. The number of hydrogen-bond donors (Lipinski definition) is 1. The fraction of sp³-hybridized carbons (Fsp3) is 0.182. The predicted octanol–water partition coefficient (Wildman–Crippen LogP) is 4.32. The molecule has 0 saturated heterocycles. The SMILES string of the molecule is Cc1ncsc1CNc1ccc(Cl)cc1I. The van der Waals surface area contributed by atoms with E-state index in [1.807, 2.05) is 30.6 Å². The molecule has 1 N–H and O–H groups in total. The third-order valence-electron chi connectivity index (χ3n) is 2.22. The van der Waals surface area contributed by atoms with Crippen LogP contribution in [-0.2, 0) is 6.54 Å². The summed E-state index contributed by atoms with van der Waals surface area (Å²) in [6.45, 7) is 2.84. The second kappa shape index (κ2) is 5.33. The van der Waals surface area contributed by atoms with E-state index in [2.05, 4.69) is 32.9 Å². The normalized spacial score (nSPS) is 10.4. The van der Waals surface area contributed by atoms with E-state index in [9.17, 15) is 0 Å².